The van der Waals surface area contributed by atoms with E-state index in [1.54, 1.807) is 41.5 Å². The maximum atomic E-state index is 13.2. The van der Waals surface area contributed by atoms with Gasteiger partial charge in [0.05, 0.1) is 23.1 Å². The van der Waals surface area contributed by atoms with Crippen LogP contribution in [-0.4, -0.2) is 30.4 Å². The van der Waals surface area contributed by atoms with Crippen LogP contribution in [0.25, 0.3) is 16.9 Å². The summed E-state index contributed by atoms with van der Waals surface area (Å²) in [6, 6.07) is 7.73. The zero-order valence-corrected chi connectivity index (χ0v) is 13.0. The SMILES string of the molecule is O=C(NCc1nc2ccc(F)cc2[nH]1)c1ccc(-n2ccnc2)nc1. The number of nitrogens with one attached hydrogen (secondary N) is 2. The van der Waals surface area contributed by atoms with Crippen LogP contribution >= 0.6 is 0 Å². The Morgan fingerprint density at radius 1 is 1.28 bits per heavy atom. The van der Waals surface area contributed by atoms with Gasteiger partial charge in [-0.15, -0.1) is 0 Å². The quantitative estimate of drug-likeness (QED) is 0.598. The van der Waals surface area contributed by atoms with Gasteiger partial charge in [-0.05, 0) is 30.3 Å². The second-order valence-electron chi connectivity index (χ2n) is 5.40. The van der Waals surface area contributed by atoms with Crippen molar-refractivity contribution in [2.75, 3.05) is 0 Å². The Morgan fingerprint density at radius 3 is 2.96 bits per heavy atom. The van der Waals surface area contributed by atoms with Crippen LogP contribution in [0.1, 0.15) is 16.2 Å². The molecule has 0 fully saturated rings. The number of halogens is 1. The van der Waals surface area contributed by atoms with Crippen molar-refractivity contribution in [3.8, 4) is 5.82 Å². The van der Waals surface area contributed by atoms with Crippen LogP contribution in [0.3, 0.4) is 0 Å². The first-order valence-corrected chi connectivity index (χ1v) is 7.56. The molecule has 4 aromatic rings. The number of carbonyl (C=O) groups is 1. The predicted molar refractivity (Wildman–Crippen MR) is 88.6 cm³/mol. The molecule has 1 amide bonds. The maximum Gasteiger partial charge on any atom is 0.253 e. The van der Waals surface area contributed by atoms with Gasteiger partial charge in [0, 0.05) is 18.6 Å². The molecule has 0 atom stereocenters. The molecule has 25 heavy (non-hydrogen) atoms. The maximum absolute atomic E-state index is 13.2. The van der Waals surface area contributed by atoms with Gasteiger partial charge in [-0.25, -0.2) is 19.3 Å². The summed E-state index contributed by atoms with van der Waals surface area (Å²) in [7, 11) is 0. The number of hydrogen-bond donors (Lipinski definition) is 2. The van der Waals surface area contributed by atoms with Crippen molar-refractivity contribution in [1.82, 2.24) is 29.8 Å². The van der Waals surface area contributed by atoms with E-state index in [4.69, 9.17) is 0 Å². The summed E-state index contributed by atoms with van der Waals surface area (Å²) in [5.41, 5.74) is 1.68. The normalized spacial score (nSPS) is 10.9. The number of aromatic amines is 1. The summed E-state index contributed by atoms with van der Waals surface area (Å²) >= 11 is 0. The molecule has 0 aliphatic carbocycles. The van der Waals surface area contributed by atoms with Gasteiger partial charge in [0.2, 0.25) is 0 Å². The summed E-state index contributed by atoms with van der Waals surface area (Å²) in [5.74, 6) is 0.623. The van der Waals surface area contributed by atoms with Crippen LogP contribution in [0.4, 0.5) is 4.39 Å². The molecule has 0 radical (unpaired) electrons. The van der Waals surface area contributed by atoms with Gasteiger partial charge in [0.1, 0.15) is 23.8 Å². The fourth-order valence-electron chi connectivity index (χ4n) is 2.45. The zero-order chi connectivity index (χ0) is 17.2. The Balaban J connectivity index is 1.44. The van der Waals surface area contributed by atoms with Gasteiger partial charge in [-0.2, -0.15) is 0 Å². The predicted octanol–water partition coefficient (Wildman–Crippen LogP) is 2.21. The van der Waals surface area contributed by atoms with Crippen LogP contribution in [-0.2, 0) is 6.54 Å². The van der Waals surface area contributed by atoms with Crippen molar-refractivity contribution in [3.05, 3.63) is 72.5 Å². The molecule has 1 aromatic carbocycles. The molecule has 8 heteroatoms. The standard InChI is InChI=1S/C17H13FN6O/c18-12-2-3-13-14(7-12)23-15(22-13)9-21-17(25)11-1-4-16(20-8-11)24-6-5-19-10-24/h1-8,10H,9H2,(H,21,25)(H,22,23). The molecule has 3 heterocycles. The van der Waals surface area contributed by atoms with E-state index in [0.29, 0.717) is 28.2 Å². The molecule has 0 saturated heterocycles. The Morgan fingerprint density at radius 2 is 2.20 bits per heavy atom. The number of rotatable bonds is 4. The molecule has 124 valence electrons. The van der Waals surface area contributed by atoms with E-state index < -0.39 is 0 Å². The number of nitrogens with zero attached hydrogens (tertiary/aromatic N) is 4. The highest BCUT2D eigenvalue weighted by atomic mass is 19.1. The van der Waals surface area contributed by atoms with Crippen molar-refractivity contribution in [3.63, 3.8) is 0 Å². The number of H-pyrrole nitrogens is 1. The first kappa shape index (κ1) is 15.0. The van der Waals surface area contributed by atoms with E-state index in [1.807, 2.05) is 0 Å². The topological polar surface area (TPSA) is 88.5 Å². The number of fused-ring (bicyclic) bond motifs is 1. The van der Waals surface area contributed by atoms with Crippen molar-refractivity contribution in [1.29, 1.82) is 0 Å². The lowest BCUT2D eigenvalue weighted by atomic mass is 10.2. The molecular weight excluding hydrogens is 323 g/mol. The van der Waals surface area contributed by atoms with Gasteiger partial charge < -0.3 is 10.3 Å². The zero-order valence-electron chi connectivity index (χ0n) is 13.0. The van der Waals surface area contributed by atoms with E-state index in [1.165, 1.54) is 18.3 Å². The second-order valence-corrected chi connectivity index (χ2v) is 5.40. The monoisotopic (exact) mass is 336 g/mol. The fraction of sp³-hybridized carbons (Fsp3) is 0.0588. The molecule has 3 aromatic heterocycles. The highest BCUT2D eigenvalue weighted by Crippen LogP contribution is 2.13. The molecule has 2 N–H and O–H groups in total. The molecule has 0 saturated carbocycles. The number of aromatic nitrogens is 5. The molecule has 0 unspecified atom stereocenters. The summed E-state index contributed by atoms with van der Waals surface area (Å²) in [6.07, 6.45) is 6.55. The third-order valence-corrected chi connectivity index (χ3v) is 3.69. The van der Waals surface area contributed by atoms with Gasteiger partial charge in [0.25, 0.3) is 5.91 Å². The highest BCUT2D eigenvalue weighted by Gasteiger charge is 2.09. The number of amides is 1. The van der Waals surface area contributed by atoms with Crippen molar-refractivity contribution < 1.29 is 9.18 Å². The summed E-state index contributed by atoms with van der Waals surface area (Å²) < 4.78 is 14.9. The highest BCUT2D eigenvalue weighted by molar-refractivity contribution is 5.93. The summed E-state index contributed by atoms with van der Waals surface area (Å²) in [6.45, 7) is 0.207. The van der Waals surface area contributed by atoms with E-state index in [0.717, 1.165) is 0 Å². The van der Waals surface area contributed by atoms with Crippen LogP contribution in [0.15, 0.2) is 55.2 Å². The Labute approximate surface area is 141 Å². The third-order valence-electron chi connectivity index (χ3n) is 3.69. The van der Waals surface area contributed by atoms with Gasteiger partial charge in [-0.3, -0.25) is 9.36 Å². The van der Waals surface area contributed by atoms with E-state index in [9.17, 15) is 9.18 Å². The first-order valence-electron chi connectivity index (χ1n) is 7.56. The molecular formula is C17H13FN6O. The largest absolute Gasteiger partial charge is 0.345 e. The Kier molecular flexibility index (Phi) is 3.70. The van der Waals surface area contributed by atoms with Gasteiger partial charge in [0.15, 0.2) is 0 Å². The van der Waals surface area contributed by atoms with E-state index in [-0.39, 0.29) is 18.3 Å². The third kappa shape index (κ3) is 3.09. The fourth-order valence-corrected chi connectivity index (χ4v) is 2.45. The number of imidazole rings is 2. The van der Waals surface area contributed by atoms with Crippen molar-refractivity contribution >= 4 is 16.9 Å². The number of pyridine rings is 1. The molecule has 0 spiro atoms. The molecule has 0 aliphatic heterocycles. The lowest BCUT2D eigenvalue weighted by molar-refractivity contribution is 0.0949. The lowest BCUT2D eigenvalue weighted by Gasteiger charge is -2.05. The minimum atomic E-state index is -0.337. The summed E-state index contributed by atoms with van der Waals surface area (Å²) in [5, 5.41) is 2.76. The molecule has 0 bridgehead atoms. The smallest absolute Gasteiger partial charge is 0.253 e. The van der Waals surface area contributed by atoms with Gasteiger partial charge >= 0.3 is 0 Å². The minimum absolute atomic E-state index is 0.207. The molecule has 7 nitrogen and oxygen atoms in total. The van der Waals surface area contributed by atoms with Crippen molar-refractivity contribution in [2.24, 2.45) is 0 Å². The van der Waals surface area contributed by atoms with Crippen LogP contribution in [0.5, 0.6) is 0 Å². The molecule has 4 rings (SSSR count). The summed E-state index contributed by atoms with van der Waals surface area (Å²) in [4.78, 5) is 27.7. The number of hydrogen-bond acceptors (Lipinski definition) is 4. The van der Waals surface area contributed by atoms with E-state index in [2.05, 4.69) is 25.3 Å². The average Bonchev–Trinajstić information content (AvgIpc) is 3.29. The van der Waals surface area contributed by atoms with Crippen molar-refractivity contribution in [2.45, 2.75) is 6.54 Å². The first-order chi connectivity index (χ1) is 12.2. The molecule has 0 aliphatic rings. The number of benzene rings is 1. The Bertz CT molecular complexity index is 1020. The second kappa shape index (κ2) is 6.16. The van der Waals surface area contributed by atoms with Crippen LogP contribution in [0.2, 0.25) is 0 Å². The minimum Gasteiger partial charge on any atom is -0.345 e. The van der Waals surface area contributed by atoms with E-state index >= 15 is 0 Å². The number of carbonyl (C=O) groups excluding carboxylic acids is 1. The van der Waals surface area contributed by atoms with Crippen LogP contribution in [0, 0.1) is 5.82 Å². The average molecular weight is 336 g/mol. The van der Waals surface area contributed by atoms with Crippen LogP contribution < -0.4 is 5.32 Å². The lowest BCUT2D eigenvalue weighted by Crippen LogP contribution is -2.23. The Hall–Kier alpha value is -3.55. The van der Waals surface area contributed by atoms with Gasteiger partial charge in [-0.1, -0.05) is 0 Å².